The molecular formula is C7H18NO2Si. The van der Waals surface area contributed by atoms with E-state index in [1.165, 1.54) is 0 Å². The van der Waals surface area contributed by atoms with Crippen LogP contribution in [0, 0.1) is 0 Å². The van der Waals surface area contributed by atoms with Crippen molar-refractivity contribution < 1.29 is 8.85 Å². The first-order valence-electron chi connectivity index (χ1n) is 3.94. The lowest BCUT2D eigenvalue weighted by Gasteiger charge is -2.20. The summed E-state index contributed by atoms with van der Waals surface area (Å²) in [6.45, 7) is 6.43. The van der Waals surface area contributed by atoms with E-state index in [2.05, 4.69) is 18.7 Å². The zero-order valence-electron chi connectivity index (χ0n) is 7.89. The molecule has 0 saturated heterocycles. The fourth-order valence-corrected chi connectivity index (χ4v) is 2.08. The molecule has 0 fully saturated rings. The third-order valence-corrected chi connectivity index (χ3v) is 3.32. The molecule has 0 rings (SSSR count). The lowest BCUT2D eigenvalue weighted by Crippen LogP contribution is -2.37. The summed E-state index contributed by atoms with van der Waals surface area (Å²) in [4.78, 5) is 2.31. The van der Waals surface area contributed by atoms with Gasteiger partial charge in [-0.15, -0.1) is 0 Å². The summed E-state index contributed by atoms with van der Waals surface area (Å²) in [6, 6.07) is 0. The van der Waals surface area contributed by atoms with E-state index in [-0.39, 0.29) is 0 Å². The molecule has 0 unspecified atom stereocenters. The summed E-state index contributed by atoms with van der Waals surface area (Å²) in [6.07, 6.45) is 0.949. The molecule has 0 amide bonds. The van der Waals surface area contributed by atoms with Crippen molar-refractivity contribution in [2.75, 3.05) is 33.5 Å². The maximum absolute atomic E-state index is 5.17. The molecule has 4 heteroatoms. The summed E-state index contributed by atoms with van der Waals surface area (Å²) in [7, 11) is 2.40. The van der Waals surface area contributed by atoms with Gasteiger partial charge in [0, 0.05) is 20.4 Å². The Labute approximate surface area is 71.1 Å². The van der Waals surface area contributed by atoms with E-state index in [0.717, 1.165) is 19.3 Å². The van der Waals surface area contributed by atoms with Crippen LogP contribution in [0.5, 0.6) is 0 Å². The zero-order chi connectivity index (χ0) is 8.69. The summed E-state index contributed by atoms with van der Waals surface area (Å²) >= 11 is 0. The Kier molecular flexibility index (Phi) is 6.85. The van der Waals surface area contributed by atoms with Gasteiger partial charge in [0.15, 0.2) is 0 Å². The van der Waals surface area contributed by atoms with Crippen LogP contribution in [-0.2, 0) is 8.85 Å². The number of hydrogen-bond donors (Lipinski definition) is 0. The molecule has 0 aliphatic rings. The predicted molar refractivity (Wildman–Crippen MR) is 47.6 cm³/mol. The molecule has 0 aromatic carbocycles. The monoisotopic (exact) mass is 176 g/mol. The first kappa shape index (κ1) is 11.1. The summed E-state index contributed by atoms with van der Waals surface area (Å²) < 4.78 is 10.3. The van der Waals surface area contributed by atoms with Crippen molar-refractivity contribution >= 4 is 9.28 Å². The molecule has 11 heavy (non-hydrogen) atoms. The van der Waals surface area contributed by atoms with E-state index in [1.807, 2.05) is 0 Å². The van der Waals surface area contributed by atoms with Gasteiger partial charge < -0.3 is 13.8 Å². The molecule has 0 aliphatic carbocycles. The predicted octanol–water partition coefficient (Wildman–Crippen LogP) is 0.648. The minimum Gasteiger partial charge on any atom is -0.396 e. The molecule has 0 N–H and O–H groups in total. The molecule has 0 atom stereocenters. The topological polar surface area (TPSA) is 21.7 Å². The zero-order valence-corrected chi connectivity index (χ0v) is 8.89. The van der Waals surface area contributed by atoms with Crippen molar-refractivity contribution in [1.82, 2.24) is 4.90 Å². The normalized spacial score (nSPS) is 11.5. The highest BCUT2D eigenvalue weighted by molar-refractivity contribution is 6.44. The van der Waals surface area contributed by atoms with Crippen LogP contribution < -0.4 is 0 Å². The van der Waals surface area contributed by atoms with Crippen molar-refractivity contribution in [1.29, 1.82) is 0 Å². The second-order valence-electron chi connectivity index (χ2n) is 2.24. The maximum atomic E-state index is 5.17. The van der Waals surface area contributed by atoms with Crippen LogP contribution in [0.4, 0.5) is 0 Å². The Hall–Kier alpha value is 0.0969. The van der Waals surface area contributed by atoms with E-state index >= 15 is 0 Å². The third-order valence-electron chi connectivity index (χ3n) is 1.70. The minimum atomic E-state index is -1.02. The first-order valence-corrected chi connectivity index (χ1v) is 5.46. The fourth-order valence-electron chi connectivity index (χ4n) is 0.842. The molecule has 0 heterocycles. The second kappa shape index (κ2) is 6.79. The smallest absolute Gasteiger partial charge is 0.396 e. The summed E-state index contributed by atoms with van der Waals surface area (Å²) in [5, 5.41) is 0. The SMILES string of the molecule is CCN(CC)C[Si](OC)OC. The van der Waals surface area contributed by atoms with Crippen LogP contribution in [0.1, 0.15) is 13.8 Å². The Morgan fingerprint density at radius 1 is 1.09 bits per heavy atom. The van der Waals surface area contributed by atoms with Gasteiger partial charge in [0.1, 0.15) is 0 Å². The Morgan fingerprint density at radius 3 is 1.82 bits per heavy atom. The van der Waals surface area contributed by atoms with Crippen molar-refractivity contribution in [2.24, 2.45) is 0 Å². The lowest BCUT2D eigenvalue weighted by molar-refractivity contribution is 0.239. The van der Waals surface area contributed by atoms with Gasteiger partial charge in [0.25, 0.3) is 0 Å². The molecule has 67 valence electrons. The van der Waals surface area contributed by atoms with Crippen molar-refractivity contribution in [3.63, 3.8) is 0 Å². The average molecular weight is 176 g/mol. The summed E-state index contributed by atoms with van der Waals surface area (Å²) in [5.74, 6) is 0. The van der Waals surface area contributed by atoms with Crippen LogP contribution in [-0.4, -0.2) is 47.7 Å². The molecule has 1 radical (unpaired) electrons. The lowest BCUT2D eigenvalue weighted by atomic mass is 10.6. The number of rotatable bonds is 6. The van der Waals surface area contributed by atoms with Crippen LogP contribution >= 0.6 is 0 Å². The molecular weight excluding hydrogens is 158 g/mol. The van der Waals surface area contributed by atoms with Gasteiger partial charge in [-0.05, 0) is 13.1 Å². The highest BCUT2D eigenvalue weighted by Crippen LogP contribution is 1.92. The van der Waals surface area contributed by atoms with Gasteiger partial charge in [-0.2, -0.15) is 0 Å². The summed E-state index contributed by atoms with van der Waals surface area (Å²) in [5.41, 5.74) is 0. The van der Waals surface area contributed by atoms with Gasteiger partial charge in [-0.25, -0.2) is 0 Å². The second-order valence-corrected chi connectivity index (χ2v) is 4.12. The standard InChI is InChI=1S/C7H18NO2Si/c1-5-8(6-2)7-11(9-3)10-4/h5-7H2,1-4H3. The molecule has 3 nitrogen and oxygen atoms in total. The van der Waals surface area contributed by atoms with Gasteiger partial charge in [0.05, 0.1) is 0 Å². The Balaban J connectivity index is 3.58. The van der Waals surface area contributed by atoms with Crippen LogP contribution in [0.25, 0.3) is 0 Å². The van der Waals surface area contributed by atoms with E-state index in [9.17, 15) is 0 Å². The Bertz CT molecular complexity index is 74.5. The van der Waals surface area contributed by atoms with Gasteiger partial charge in [-0.3, -0.25) is 0 Å². The fraction of sp³-hybridized carbons (Fsp3) is 1.00. The highest BCUT2D eigenvalue weighted by Gasteiger charge is 2.14. The van der Waals surface area contributed by atoms with Crippen LogP contribution in [0.15, 0.2) is 0 Å². The maximum Gasteiger partial charge on any atom is 0.399 e. The molecule has 0 aromatic rings. The van der Waals surface area contributed by atoms with Crippen molar-refractivity contribution in [3.05, 3.63) is 0 Å². The minimum absolute atomic E-state index is 0.949. The molecule has 0 bridgehead atoms. The average Bonchev–Trinajstić information content (AvgIpc) is 2.07. The molecule has 0 saturated carbocycles. The Morgan fingerprint density at radius 2 is 1.55 bits per heavy atom. The largest absolute Gasteiger partial charge is 0.399 e. The van der Waals surface area contributed by atoms with Crippen LogP contribution in [0.3, 0.4) is 0 Å². The molecule has 0 aromatic heterocycles. The number of hydrogen-bond acceptors (Lipinski definition) is 3. The highest BCUT2D eigenvalue weighted by atomic mass is 28.3. The van der Waals surface area contributed by atoms with E-state index in [1.54, 1.807) is 14.2 Å². The number of nitrogens with zero attached hydrogens (tertiary/aromatic N) is 1. The quantitative estimate of drug-likeness (QED) is 0.555. The third kappa shape index (κ3) is 4.52. The van der Waals surface area contributed by atoms with Crippen molar-refractivity contribution in [2.45, 2.75) is 13.8 Å². The van der Waals surface area contributed by atoms with E-state index in [0.29, 0.717) is 0 Å². The van der Waals surface area contributed by atoms with Crippen molar-refractivity contribution in [3.8, 4) is 0 Å². The van der Waals surface area contributed by atoms with E-state index < -0.39 is 9.28 Å². The molecule has 0 aliphatic heterocycles. The van der Waals surface area contributed by atoms with Gasteiger partial charge in [0.2, 0.25) is 0 Å². The first-order chi connectivity index (χ1) is 5.28. The van der Waals surface area contributed by atoms with Crippen LogP contribution in [0.2, 0.25) is 0 Å². The van der Waals surface area contributed by atoms with Gasteiger partial charge >= 0.3 is 9.28 Å². The van der Waals surface area contributed by atoms with E-state index in [4.69, 9.17) is 8.85 Å². The molecule has 0 spiro atoms. The van der Waals surface area contributed by atoms with Gasteiger partial charge in [-0.1, -0.05) is 13.8 Å².